The molecule has 0 heterocycles. The number of methoxy groups -OCH3 is 1. The number of benzene rings is 1. The van der Waals surface area contributed by atoms with Gasteiger partial charge in [-0.1, -0.05) is 19.8 Å². The molecular formula is C18H26BrNO5. The molecule has 1 aromatic rings. The lowest BCUT2D eigenvalue weighted by atomic mass is 10.1. The predicted octanol–water partition coefficient (Wildman–Crippen LogP) is 3.55. The Kier molecular flexibility index (Phi) is 9.99. The van der Waals surface area contributed by atoms with Crippen LogP contribution in [-0.2, 0) is 16.0 Å². The van der Waals surface area contributed by atoms with Crippen molar-refractivity contribution in [1.29, 1.82) is 0 Å². The molecule has 0 spiro atoms. The first kappa shape index (κ1) is 21.3. The Morgan fingerprint density at radius 2 is 2.00 bits per heavy atom. The summed E-state index contributed by atoms with van der Waals surface area (Å²) in [5, 5.41) is 11.3. The van der Waals surface area contributed by atoms with E-state index < -0.39 is 5.97 Å². The number of carboxylic acid groups (broad SMARTS) is 1. The number of carbonyl (C=O) groups excluding carboxylic acids is 1. The van der Waals surface area contributed by atoms with E-state index in [1.165, 1.54) is 0 Å². The van der Waals surface area contributed by atoms with Gasteiger partial charge in [0.2, 0.25) is 5.91 Å². The number of rotatable bonds is 12. The van der Waals surface area contributed by atoms with E-state index in [0.29, 0.717) is 31.1 Å². The highest BCUT2D eigenvalue weighted by Gasteiger charge is 2.12. The van der Waals surface area contributed by atoms with Crippen molar-refractivity contribution < 1.29 is 24.2 Å². The van der Waals surface area contributed by atoms with Crippen molar-refractivity contribution in [3.63, 3.8) is 0 Å². The number of nitrogens with one attached hydrogen (secondary N) is 1. The highest BCUT2D eigenvalue weighted by molar-refractivity contribution is 9.10. The number of carbonyl (C=O) groups is 2. The SMILES string of the molecule is CCCCCOc1c(Br)cc(CCNC(=O)CCC(=O)O)cc1OC. The van der Waals surface area contributed by atoms with Gasteiger partial charge in [-0.2, -0.15) is 0 Å². The monoisotopic (exact) mass is 415 g/mol. The molecule has 0 saturated heterocycles. The van der Waals surface area contributed by atoms with Gasteiger partial charge in [0, 0.05) is 13.0 Å². The maximum absolute atomic E-state index is 11.5. The second kappa shape index (κ2) is 11.7. The smallest absolute Gasteiger partial charge is 0.303 e. The van der Waals surface area contributed by atoms with E-state index in [9.17, 15) is 9.59 Å². The highest BCUT2D eigenvalue weighted by atomic mass is 79.9. The lowest BCUT2D eigenvalue weighted by Crippen LogP contribution is -2.26. The van der Waals surface area contributed by atoms with Crippen molar-refractivity contribution in [2.24, 2.45) is 0 Å². The van der Waals surface area contributed by atoms with E-state index in [4.69, 9.17) is 14.6 Å². The van der Waals surface area contributed by atoms with Crippen LogP contribution in [0, 0.1) is 0 Å². The van der Waals surface area contributed by atoms with E-state index in [-0.39, 0.29) is 18.7 Å². The number of amides is 1. The lowest BCUT2D eigenvalue weighted by molar-refractivity contribution is -0.138. The van der Waals surface area contributed by atoms with Gasteiger partial charge in [0.1, 0.15) is 0 Å². The van der Waals surface area contributed by atoms with Crippen LogP contribution >= 0.6 is 15.9 Å². The Morgan fingerprint density at radius 1 is 1.24 bits per heavy atom. The summed E-state index contributed by atoms with van der Waals surface area (Å²) in [7, 11) is 1.60. The normalized spacial score (nSPS) is 10.4. The lowest BCUT2D eigenvalue weighted by Gasteiger charge is -2.14. The minimum absolute atomic E-state index is 0.00706. The molecule has 0 aromatic heterocycles. The predicted molar refractivity (Wildman–Crippen MR) is 99.3 cm³/mol. The van der Waals surface area contributed by atoms with Crippen LogP contribution in [-0.4, -0.2) is 37.2 Å². The van der Waals surface area contributed by atoms with E-state index in [1.807, 2.05) is 12.1 Å². The topological polar surface area (TPSA) is 84.9 Å². The van der Waals surface area contributed by atoms with Crippen molar-refractivity contribution in [2.45, 2.75) is 45.4 Å². The van der Waals surface area contributed by atoms with E-state index in [0.717, 1.165) is 29.3 Å². The molecule has 0 atom stereocenters. The number of aliphatic carboxylic acids is 1. The summed E-state index contributed by atoms with van der Waals surface area (Å²) in [5.41, 5.74) is 0.989. The fraction of sp³-hybridized carbons (Fsp3) is 0.556. The fourth-order valence-corrected chi connectivity index (χ4v) is 2.84. The Hall–Kier alpha value is -1.76. The number of ether oxygens (including phenoxy) is 2. The van der Waals surface area contributed by atoms with Crippen LogP contribution in [0.1, 0.15) is 44.6 Å². The van der Waals surface area contributed by atoms with Gasteiger partial charge in [0.15, 0.2) is 11.5 Å². The van der Waals surface area contributed by atoms with Crippen LogP contribution in [0.3, 0.4) is 0 Å². The van der Waals surface area contributed by atoms with Crippen LogP contribution < -0.4 is 14.8 Å². The minimum atomic E-state index is -0.974. The molecule has 6 nitrogen and oxygen atoms in total. The molecule has 7 heteroatoms. The zero-order valence-electron chi connectivity index (χ0n) is 14.8. The summed E-state index contributed by atoms with van der Waals surface area (Å²) in [6.07, 6.45) is 3.71. The number of hydrogen-bond acceptors (Lipinski definition) is 4. The van der Waals surface area contributed by atoms with Crippen LogP contribution in [0.15, 0.2) is 16.6 Å². The Balaban J connectivity index is 2.56. The summed E-state index contributed by atoms with van der Waals surface area (Å²) in [5.74, 6) is 0.105. The van der Waals surface area contributed by atoms with E-state index >= 15 is 0 Å². The summed E-state index contributed by atoms with van der Waals surface area (Å²) >= 11 is 3.51. The molecule has 25 heavy (non-hydrogen) atoms. The summed E-state index contributed by atoms with van der Waals surface area (Å²) < 4.78 is 12.0. The Bertz CT molecular complexity index is 577. The fourth-order valence-electron chi connectivity index (χ4n) is 2.24. The first-order chi connectivity index (χ1) is 12.0. The molecule has 0 aliphatic rings. The van der Waals surface area contributed by atoms with Crippen molar-refractivity contribution in [2.75, 3.05) is 20.3 Å². The van der Waals surface area contributed by atoms with Gasteiger partial charge in [0.05, 0.1) is 24.6 Å². The molecule has 0 saturated carbocycles. The first-order valence-corrected chi connectivity index (χ1v) is 9.25. The molecule has 1 aromatic carbocycles. The summed E-state index contributed by atoms with van der Waals surface area (Å²) in [4.78, 5) is 22.0. The minimum Gasteiger partial charge on any atom is -0.493 e. The molecular weight excluding hydrogens is 390 g/mol. The quantitative estimate of drug-likeness (QED) is 0.509. The molecule has 1 rings (SSSR count). The second-order valence-corrected chi connectivity index (χ2v) is 6.51. The molecule has 2 N–H and O–H groups in total. The van der Waals surface area contributed by atoms with Gasteiger partial charge >= 0.3 is 5.97 Å². The van der Waals surface area contributed by atoms with Gasteiger partial charge in [0.25, 0.3) is 0 Å². The van der Waals surface area contributed by atoms with Crippen LogP contribution in [0.25, 0.3) is 0 Å². The van der Waals surface area contributed by atoms with Crippen LogP contribution in [0.5, 0.6) is 11.5 Å². The van der Waals surface area contributed by atoms with Gasteiger partial charge in [-0.25, -0.2) is 0 Å². The number of unbranched alkanes of at least 4 members (excludes halogenated alkanes) is 2. The highest BCUT2D eigenvalue weighted by Crippen LogP contribution is 2.36. The molecule has 0 radical (unpaired) electrons. The van der Waals surface area contributed by atoms with Gasteiger partial charge in [-0.15, -0.1) is 0 Å². The molecule has 0 aliphatic heterocycles. The average molecular weight is 416 g/mol. The zero-order chi connectivity index (χ0) is 18.7. The van der Waals surface area contributed by atoms with E-state index in [1.54, 1.807) is 7.11 Å². The first-order valence-electron chi connectivity index (χ1n) is 8.45. The molecule has 0 fully saturated rings. The third kappa shape index (κ3) is 8.25. The molecule has 0 unspecified atom stereocenters. The summed E-state index contributed by atoms with van der Waals surface area (Å²) in [6, 6.07) is 3.84. The standard InChI is InChI=1S/C18H26BrNO5/c1-3-4-5-10-25-18-14(19)11-13(12-15(18)24-2)8-9-20-16(21)6-7-17(22)23/h11-12H,3-10H2,1-2H3,(H,20,21)(H,22,23). The largest absolute Gasteiger partial charge is 0.493 e. The third-order valence-electron chi connectivity index (χ3n) is 3.59. The number of carboxylic acids is 1. The third-order valence-corrected chi connectivity index (χ3v) is 4.17. The van der Waals surface area contributed by atoms with Crippen molar-refractivity contribution in [3.05, 3.63) is 22.2 Å². The molecule has 0 bridgehead atoms. The van der Waals surface area contributed by atoms with Crippen molar-refractivity contribution >= 4 is 27.8 Å². The maximum atomic E-state index is 11.5. The second-order valence-electron chi connectivity index (χ2n) is 5.66. The molecule has 1 amide bonds. The van der Waals surface area contributed by atoms with Gasteiger partial charge in [-0.05, 0) is 46.5 Å². The van der Waals surface area contributed by atoms with Crippen molar-refractivity contribution in [3.8, 4) is 11.5 Å². The van der Waals surface area contributed by atoms with E-state index in [2.05, 4.69) is 28.2 Å². The van der Waals surface area contributed by atoms with Crippen LogP contribution in [0.2, 0.25) is 0 Å². The Morgan fingerprint density at radius 3 is 2.64 bits per heavy atom. The van der Waals surface area contributed by atoms with Gasteiger partial charge < -0.3 is 19.9 Å². The zero-order valence-corrected chi connectivity index (χ0v) is 16.4. The molecule has 140 valence electrons. The average Bonchev–Trinajstić information content (AvgIpc) is 2.57. The molecule has 0 aliphatic carbocycles. The Labute approximate surface area is 157 Å². The van der Waals surface area contributed by atoms with Crippen molar-refractivity contribution in [1.82, 2.24) is 5.32 Å². The number of halogens is 1. The maximum Gasteiger partial charge on any atom is 0.303 e. The van der Waals surface area contributed by atoms with Crippen LogP contribution in [0.4, 0.5) is 0 Å². The number of hydrogen-bond donors (Lipinski definition) is 2. The van der Waals surface area contributed by atoms with Gasteiger partial charge in [-0.3, -0.25) is 9.59 Å². The summed E-state index contributed by atoms with van der Waals surface area (Å²) in [6.45, 7) is 3.22.